The van der Waals surface area contributed by atoms with Gasteiger partial charge in [0.1, 0.15) is 23.4 Å². The number of amides is 3. The van der Waals surface area contributed by atoms with E-state index in [-0.39, 0.29) is 31.8 Å². The van der Waals surface area contributed by atoms with E-state index in [0.29, 0.717) is 59.6 Å². The molecule has 4 N–H and O–H groups in total. The molecule has 1 aliphatic rings. The lowest BCUT2D eigenvalue weighted by molar-refractivity contribution is -0.151. The van der Waals surface area contributed by atoms with Crippen molar-refractivity contribution in [3.63, 3.8) is 0 Å². The number of aliphatic hydroxyl groups is 1. The van der Waals surface area contributed by atoms with Crippen LogP contribution in [0.3, 0.4) is 0 Å². The smallest absolute Gasteiger partial charge is 0.304 e. The number of aliphatic hydroxyl groups excluding tert-OH is 1. The van der Waals surface area contributed by atoms with Gasteiger partial charge in [-0.2, -0.15) is 0 Å². The number of ether oxygens (including phenoxy) is 1. The molecular weight excluding hydrogens is 883 g/mol. The van der Waals surface area contributed by atoms with Gasteiger partial charge < -0.3 is 44.9 Å². The Morgan fingerprint density at radius 1 is 0.955 bits per heavy atom. The molecule has 3 amide bonds. The van der Waals surface area contributed by atoms with Crippen molar-refractivity contribution in [3.05, 3.63) is 130 Å². The highest BCUT2D eigenvalue weighted by Crippen LogP contribution is 2.34. The van der Waals surface area contributed by atoms with E-state index in [0.717, 1.165) is 28.2 Å². The molecule has 0 bridgehead atoms. The third-order valence-corrected chi connectivity index (χ3v) is 12.5. The molecule has 0 radical (unpaired) electrons. The second-order valence-electron chi connectivity index (χ2n) is 17.2. The Kier molecular flexibility index (Phi) is 17.0. The number of likely N-dealkylation sites (tertiary alicyclic amines) is 1. The molecule has 0 spiro atoms. The first-order chi connectivity index (χ1) is 31.5. The largest absolute Gasteiger partial charge is 0.481 e. The Morgan fingerprint density at radius 2 is 1.68 bits per heavy atom. The first-order valence-electron chi connectivity index (χ1n) is 21.8. The normalized spacial score (nSPS) is 16.3. The van der Waals surface area contributed by atoms with E-state index in [1.165, 1.54) is 4.90 Å². The number of rotatable bonds is 20. The van der Waals surface area contributed by atoms with Crippen molar-refractivity contribution < 1.29 is 34.1 Å². The molecule has 0 aliphatic carbocycles. The summed E-state index contributed by atoms with van der Waals surface area (Å²) in [4.78, 5) is 68.5. The summed E-state index contributed by atoms with van der Waals surface area (Å²) in [6.45, 7) is 2.35. The van der Waals surface area contributed by atoms with Crippen molar-refractivity contribution in [1.82, 2.24) is 39.9 Å². The minimum absolute atomic E-state index is 0.0943. The van der Waals surface area contributed by atoms with Gasteiger partial charge in [0.2, 0.25) is 17.7 Å². The molecule has 6 rings (SSSR count). The van der Waals surface area contributed by atoms with Gasteiger partial charge in [-0.15, -0.1) is 0 Å². The van der Waals surface area contributed by atoms with E-state index in [2.05, 4.69) is 30.1 Å². The molecule has 5 aromatic rings. The lowest BCUT2D eigenvalue weighted by Gasteiger charge is -2.49. The number of carboxylic acid groups (broad SMARTS) is 1. The van der Waals surface area contributed by atoms with Crippen LogP contribution < -0.4 is 15.4 Å². The fourth-order valence-corrected chi connectivity index (χ4v) is 8.64. The minimum atomic E-state index is -1.31. The monoisotopic (exact) mass is 940 g/mol. The molecule has 3 aromatic carbocycles. The van der Waals surface area contributed by atoms with Gasteiger partial charge in [-0.25, -0.2) is 4.98 Å². The Hall–Kier alpha value is -5.84. The zero-order valence-corrected chi connectivity index (χ0v) is 39.4. The van der Waals surface area contributed by atoms with Crippen molar-refractivity contribution in [3.8, 4) is 22.8 Å². The van der Waals surface area contributed by atoms with Gasteiger partial charge in [-0.1, -0.05) is 47.5 Å². The summed E-state index contributed by atoms with van der Waals surface area (Å²) < 4.78 is 8.36. The van der Waals surface area contributed by atoms with Crippen LogP contribution >= 0.6 is 23.2 Å². The standard InChI is InChI=1S/C49H58Cl2N8O7/c1-32(53-27-35-12-17-38(51)25-43(35)66-40-18-13-34(14-19-40)42-28-54-44(57(42)4)29-56(2)3)46(63)55-41(30-60)48(65)58(5)49(26-33-10-15-37(50)16-11-33)20-8-22-59(31-49)47(64)36(24-45(61)62)23-39-9-6-7-21-52-39/h6-7,9-19,21,25,28,32,36,41,53,60H,8,20,22-24,26-27,29-31H2,1-5H3,(H,55,63)(H,61,62)/t32-,36+,41-,49+/m0/s1. The van der Waals surface area contributed by atoms with Crippen LogP contribution in [-0.2, 0) is 52.2 Å². The van der Waals surface area contributed by atoms with Gasteiger partial charge >= 0.3 is 5.97 Å². The minimum Gasteiger partial charge on any atom is -0.481 e. The van der Waals surface area contributed by atoms with Gasteiger partial charge in [0.25, 0.3) is 0 Å². The van der Waals surface area contributed by atoms with Gasteiger partial charge in [0.05, 0.1) is 49.0 Å². The van der Waals surface area contributed by atoms with Crippen molar-refractivity contribution in [2.75, 3.05) is 40.8 Å². The second-order valence-corrected chi connectivity index (χ2v) is 18.1. The average Bonchev–Trinajstić information content (AvgIpc) is 3.66. The number of carbonyl (C=O) groups excluding carboxylic acids is 3. The predicted molar refractivity (Wildman–Crippen MR) is 253 cm³/mol. The van der Waals surface area contributed by atoms with Crippen LogP contribution in [0.5, 0.6) is 11.5 Å². The quantitative estimate of drug-likeness (QED) is 0.0720. The van der Waals surface area contributed by atoms with Crippen LogP contribution in [0.4, 0.5) is 0 Å². The van der Waals surface area contributed by atoms with Crippen LogP contribution in [0, 0.1) is 5.92 Å². The lowest BCUT2D eigenvalue weighted by atomic mass is 9.80. The highest BCUT2D eigenvalue weighted by Gasteiger charge is 2.45. The van der Waals surface area contributed by atoms with Crippen molar-refractivity contribution >= 4 is 46.9 Å². The zero-order valence-electron chi connectivity index (χ0n) is 37.9. The number of aliphatic carboxylic acids is 1. The number of nitrogens with zero attached hydrogens (tertiary/aromatic N) is 6. The van der Waals surface area contributed by atoms with Crippen molar-refractivity contribution in [1.29, 1.82) is 0 Å². The number of hydrogen-bond donors (Lipinski definition) is 4. The summed E-state index contributed by atoms with van der Waals surface area (Å²) >= 11 is 12.6. The van der Waals surface area contributed by atoms with E-state index in [1.54, 1.807) is 73.6 Å². The molecule has 2 aromatic heterocycles. The van der Waals surface area contributed by atoms with Crippen LogP contribution in [0.15, 0.2) is 97.3 Å². The molecule has 1 fully saturated rings. The number of imidazole rings is 1. The summed E-state index contributed by atoms with van der Waals surface area (Å²) in [6.07, 6.45) is 4.53. The van der Waals surface area contributed by atoms with E-state index >= 15 is 0 Å². The number of benzene rings is 3. The molecule has 15 nitrogen and oxygen atoms in total. The number of carboxylic acids is 1. The lowest BCUT2D eigenvalue weighted by Crippen LogP contribution is -2.65. The maximum Gasteiger partial charge on any atom is 0.304 e. The highest BCUT2D eigenvalue weighted by molar-refractivity contribution is 6.31. The fourth-order valence-electron chi connectivity index (χ4n) is 8.35. The van der Waals surface area contributed by atoms with E-state index in [4.69, 9.17) is 27.9 Å². The zero-order chi connectivity index (χ0) is 47.5. The van der Waals surface area contributed by atoms with Crippen LogP contribution in [0.1, 0.15) is 48.8 Å². The number of halogens is 2. The molecule has 17 heteroatoms. The average molecular weight is 942 g/mol. The number of aromatic nitrogens is 3. The van der Waals surface area contributed by atoms with Crippen LogP contribution in [0.25, 0.3) is 11.3 Å². The topological polar surface area (TPSA) is 182 Å². The van der Waals surface area contributed by atoms with Crippen molar-refractivity contribution in [2.45, 2.75) is 69.7 Å². The molecular formula is C49H58Cl2N8O7. The maximum absolute atomic E-state index is 14.5. The summed E-state index contributed by atoms with van der Waals surface area (Å²) in [5.41, 5.74) is 3.14. The number of pyridine rings is 1. The van der Waals surface area contributed by atoms with Crippen LogP contribution in [0.2, 0.25) is 10.0 Å². The van der Waals surface area contributed by atoms with Gasteiger partial charge in [0.15, 0.2) is 0 Å². The van der Waals surface area contributed by atoms with Crippen LogP contribution in [-0.4, -0.2) is 122 Å². The van der Waals surface area contributed by atoms with Gasteiger partial charge in [-0.05, 0) is 107 Å². The second kappa shape index (κ2) is 22.6. The molecule has 3 heterocycles. The Morgan fingerprint density at radius 3 is 2.35 bits per heavy atom. The summed E-state index contributed by atoms with van der Waals surface area (Å²) in [5, 5.41) is 27.3. The third kappa shape index (κ3) is 12.7. The Labute approximate surface area is 395 Å². The fraction of sp³-hybridized carbons (Fsp3) is 0.388. The Bertz CT molecular complexity index is 2450. The summed E-state index contributed by atoms with van der Waals surface area (Å²) in [5.74, 6) is -1.39. The molecule has 350 valence electrons. The molecule has 1 aliphatic heterocycles. The third-order valence-electron chi connectivity index (χ3n) is 12.0. The van der Waals surface area contributed by atoms with Gasteiger partial charge in [-0.3, -0.25) is 24.2 Å². The van der Waals surface area contributed by atoms with E-state index in [1.807, 2.05) is 63.7 Å². The first-order valence-corrected chi connectivity index (χ1v) is 22.6. The predicted octanol–water partition coefficient (Wildman–Crippen LogP) is 5.99. The summed E-state index contributed by atoms with van der Waals surface area (Å²) in [7, 11) is 7.60. The SMILES string of the molecule is C[C@H](NCc1ccc(Cl)cc1Oc1ccc(-c2cnc(CN(C)C)n2C)cc1)C(=O)N[C@@H](CO)C(=O)N(C)[C@@]1(Cc2ccc(Cl)cc2)CCCN(C(=O)[C@@H](CC(=O)O)Cc2ccccn2)C1. The maximum atomic E-state index is 14.5. The van der Waals surface area contributed by atoms with Gasteiger partial charge in [0, 0.05) is 73.2 Å². The van der Waals surface area contributed by atoms with Crippen molar-refractivity contribution in [2.24, 2.45) is 13.0 Å². The van der Waals surface area contributed by atoms with E-state index in [9.17, 15) is 29.4 Å². The molecule has 4 atom stereocenters. The first kappa shape index (κ1) is 49.6. The number of hydrogen-bond acceptors (Lipinski definition) is 10. The molecule has 0 unspecified atom stereocenters. The van der Waals surface area contributed by atoms with E-state index < -0.39 is 47.9 Å². The highest BCUT2D eigenvalue weighted by atomic mass is 35.5. The molecule has 66 heavy (non-hydrogen) atoms. The Balaban J connectivity index is 1.13. The number of piperidine rings is 1. The molecule has 1 saturated heterocycles. The number of nitrogens with one attached hydrogen (secondary N) is 2. The molecule has 0 saturated carbocycles. The summed E-state index contributed by atoms with van der Waals surface area (Å²) in [6, 6.07) is 23.3. The number of carbonyl (C=O) groups is 4. The number of likely N-dealkylation sites (N-methyl/N-ethyl adjacent to an activating group) is 1.